The van der Waals surface area contributed by atoms with E-state index < -0.39 is 0 Å². The summed E-state index contributed by atoms with van der Waals surface area (Å²) in [6.07, 6.45) is 3.06. The lowest BCUT2D eigenvalue weighted by molar-refractivity contribution is -0.140. The molecule has 2 aromatic heterocycles. The molecule has 2 aromatic rings. The second kappa shape index (κ2) is 5.39. The molecule has 0 saturated carbocycles. The second-order valence-electron chi connectivity index (χ2n) is 4.19. The van der Waals surface area contributed by atoms with Crippen molar-refractivity contribution in [1.82, 2.24) is 9.55 Å². The third kappa shape index (κ3) is 2.48. The fraction of sp³-hybridized carbons (Fsp3) is 0.500. The molecule has 0 bridgehead atoms. The van der Waals surface area contributed by atoms with Crippen molar-refractivity contribution in [3.05, 3.63) is 20.7 Å². The Balaban J connectivity index is 1.98. The van der Waals surface area contributed by atoms with Crippen molar-refractivity contribution in [1.29, 1.82) is 0 Å². The summed E-state index contributed by atoms with van der Waals surface area (Å²) in [5.41, 5.74) is 1.81. The van der Waals surface area contributed by atoms with Gasteiger partial charge >= 0.3 is 11.7 Å². The Morgan fingerprint density at radius 3 is 3.00 bits per heavy atom. The molecule has 0 amide bonds. The van der Waals surface area contributed by atoms with Gasteiger partial charge in [0.05, 0.1) is 18.1 Å². The van der Waals surface area contributed by atoms with Gasteiger partial charge < -0.3 is 9.72 Å². The highest BCUT2D eigenvalue weighted by molar-refractivity contribution is 7.11. The third-order valence-electron chi connectivity index (χ3n) is 3.01. The van der Waals surface area contributed by atoms with Crippen molar-refractivity contribution in [2.24, 2.45) is 7.05 Å². The van der Waals surface area contributed by atoms with E-state index in [1.54, 1.807) is 23.0 Å². The van der Waals surface area contributed by atoms with E-state index in [1.807, 2.05) is 5.38 Å². The number of imidazole rings is 1. The summed E-state index contributed by atoms with van der Waals surface area (Å²) in [4.78, 5) is 26.5. The third-order valence-corrected chi connectivity index (χ3v) is 4.04. The lowest BCUT2D eigenvalue weighted by Gasteiger charge is -1.99. The van der Waals surface area contributed by atoms with Gasteiger partial charge in [-0.15, -0.1) is 11.3 Å². The first-order valence-corrected chi connectivity index (χ1v) is 6.73. The SMILES string of the molecule is COC(=O)CCCCc1scc2c1[nH]c(=O)n2C. The molecule has 0 saturated heterocycles. The fourth-order valence-corrected chi connectivity index (χ4v) is 2.97. The van der Waals surface area contributed by atoms with E-state index in [-0.39, 0.29) is 11.7 Å². The standard InChI is InChI=1S/C12H16N2O3S/c1-14-8-7-18-9(11(8)13-12(14)16)5-3-4-6-10(15)17-2/h7H,3-6H2,1-2H3,(H,13,16). The van der Waals surface area contributed by atoms with Crippen LogP contribution in [0.3, 0.4) is 0 Å². The summed E-state index contributed by atoms with van der Waals surface area (Å²) in [6.45, 7) is 0. The quantitative estimate of drug-likeness (QED) is 0.664. The average Bonchev–Trinajstić information content (AvgIpc) is 2.87. The Morgan fingerprint density at radius 2 is 2.28 bits per heavy atom. The van der Waals surface area contributed by atoms with Crippen LogP contribution in [-0.4, -0.2) is 22.6 Å². The average molecular weight is 268 g/mol. The zero-order valence-corrected chi connectivity index (χ0v) is 11.3. The zero-order chi connectivity index (χ0) is 13.1. The molecule has 5 nitrogen and oxygen atoms in total. The number of methoxy groups -OCH3 is 1. The summed E-state index contributed by atoms with van der Waals surface area (Å²) in [5.74, 6) is -0.167. The maximum absolute atomic E-state index is 11.5. The van der Waals surface area contributed by atoms with Gasteiger partial charge in [-0.3, -0.25) is 9.36 Å². The fourth-order valence-electron chi connectivity index (χ4n) is 1.91. The van der Waals surface area contributed by atoms with Crippen molar-refractivity contribution in [2.45, 2.75) is 25.7 Å². The number of nitrogens with zero attached hydrogens (tertiary/aromatic N) is 1. The summed E-state index contributed by atoms with van der Waals surface area (Å²) < 4.78 is 6.20. The van der Waals surface area contributed by atoms with E-state index in [4.69, 9.17) is 0 Å². The molecule has 0 fully saturated rings. The van der Waals surface area contributed by atoms with Crippen LogP contribution >= 0.6 is 11.3 Å². The van der Waals surface area contributed by atoms with Gasteiger partial charge in [0.15, 0.2) is 0 Å². The normalized spacial score (nSPS) is 11.0. The van der Waals surface area contributed by atoms with Gasteiger partial charge in [-0.2, -0.15) is 0 Å². The minimum atomic E-state index is -0.167. The van der Waals surface area contributed by atoms with Crippen LogP contribution in [0.2, 0.25) is 0 Å². The van der Waals surface area contributed by atoms with E-state index in [9.17, 15) is 9.59 Å². The number of rotatable bonds is 5. The molecule has 0 atom stereocenters. The molecule has 0 aliphatic rings. The first-order chi connectivity index (χ1) is 8.63. The van der Waals surface area contributed by atoms with Crippen molar-refractivity contribution in [3.8, 4) is 0 Å². The Labute approximate surface area is 108 Å². The number of ether oxygens (including phenoxy) is 1. The molecule has 0 aromatic carbocycles. The van der Waals surface area contributed by atoms with Gasteiger partial charge in [0.2, 0.25) is 0 Å². The van der Waals surface area contributed by atoms with Gasteiger partial charge in [0, 0.05) is 23.7 Å². The molecule has 0 spiro atoms. The number of aryl methyl sites for hydroxylation is 2. The number of hydrogen-bond acceptors (Lipinski definition) is 4. The number of H-pyrrole nitrogens is 1. The predicted octanol–water partition coefficient (Wildman–Crippen LogP) is 1.81. The lowest BCUT2D eigenvalue weighted by atomic mass is 10.1. The number of carbonyl (C=O) groups excluding carboxylic acids is 1. The Bertz CT molecular complexity index is 608. The van der Waals surface area contributed by atoms with Gasteiger partial charge in [0.25, 0.3) is 0 Å². The van der Waals surface area contributed by atoms with Gasteiger partial charge in [-0.1, -0.05) is 0 Å². The molecule has 98 valence electrons. The molecule has 0 aliphatic heterocycles. The molecule has 18 heavy (non-hydrogen) atoms. The van der Waals surface area contributed by atoms with Crippen LogP contribution in [0.5, 0.6) is 0 Å². The first kappa shape index (κ1) is 12.9. The van der Waals surface area contributed by atoms with E-state index in [0.29, 0.717) is 6.42 Å². The highest BCUT2D eigenvalue weighted by Crippen LogP contribution is 2.24. The zero-order valence-electron chi connectivity index (χ0n) is 10.5. The van der Waals surface area contributed by atoms with Gasteiger partial charge in [-0.05, 0) is 19.3 Å². The van der Waals surface area contributed by atoms with Crippen LogP contribution in [0.25, 0.3) is 11.0 Å². The van der Waals surface area contributed by atoms with Gasteiger partial charge in [0.1, 0.15) is 0 Å². The monoisotopic (exact) mass is 268 g/mol. The predicted molar refractivity (Wildman–Crippen MR) is 71.0 cm³/mol. The molecule has 0 radical (unpaired) electrons. The molecule has 0 aliphatic carbocycles. The topological polar surface area (TPSA) is 64.1 Å². The maximum atomic E-state index is 11.5. The van der Waals surface area contributed by atoms with Crippen molar-refractivity contribution < 1.29 is 9.53 Å². The van der Waals surface area contributed by atoms with Crippen LogP contribution in [0, 0.1) is 0 Å². The molecule has 0 unspecified atom stereocenters. The number of fused-ring (bicyclic) bond motifs is 1. The number of nitrogens with one attached hydrogen (secondary N) is 1. The largest absolute Gasteiger partial charge is 0.469 e. The van der Waals surface area contributed by atoms with E-state index in [0.717, 1.165) is 30.3 Å². The minimum Gasteiger partial charge on any atom is -0.469 e. The molecule has 2 heterocycles. The smallest absolute Gasteiger partial charge is 0.326 e. The Hall–Kier alpha value is -1.56. The van der Waals surface area contributed by atoms with Crippen LogP contribution in [0.1, 0.15) is 24.1 Å². The van der Waals surface area contributed by atoms with Crippen molar-refractivity contribution in [3.63, 3.8) is 0 Å². The summed E-state index contributed by atoms with van der Waals surface area (Å²) in [5, 5.41) is 1.99. The summed E-state index contributed by atoms with van der Waals surface area (Å²) in [7, 11) is 3.16. The number of hydrogen-bond donors (Lipinski definition) is 1. The van der Waals surface area contributed by atoms with Crippen molar-refractivity contribution in [2.75, 3.05) is 7.11 Å². The lowest BCUT2D eigenvalue weighted by Crippen LogP contribution is -2.11. The van der Waals surface area contributed by atoms with Crippen LogP contribution < -0.4 is 5.69 Å². The van der Waals surface area contributed by atoms with Gasteiger partial charge in [-0.25, -0.2) is 4.79 Å². The number of aromatic nitrogens is 2. The summed E-state index contributed by atoms with van der Waals surface area (Å²) in [6, 6.07) is 0. The number of unbranched alkanes of at least 4 members (excludes halogenated alkanes) is 1. The maximum Gasteiger partial charge on any atom is 0.326 e. The Morgan fingerprint density at radius 1 is 1.50 bits per heavy atom. The second-order valence-corrected chi connectivity index (χ2v) is 5.16. The molecule has 2 rings (SSSR count). The number of thiophene rings is 1. The molecular weight excluding hydrogens is 252 g/mol. The van der Waals surface area contributed by atoms with E-state index in [2.05, 4.69) is 9.72 Å². The highest BCUT2D eigenvalue weighted by atomic mass is 32.1. The number of aromatic amines is 1. The summed E-state index contributed by atoms with van der Waals surface area (Å²) >= 11 is 1.65. The van der Waals surface area contributed by atoms with E-state index in [1.165, 1.54) is 12.0 Å². The molecule has 1 N–H and O–H groups in total. The molecule has 6 heteroatoms. The highest BCUT2D eigenvalue weighted by Gasteiger charge is 2.10. The first-order valence-electron chi connectivity index (χ1n) is 5.85. The van der Waals surface area contributed by atoms with Crippen LogP contribution in [-0.2, 0) is 23.0 Å². The van der Waals surface area contributed by atoms with Crippen LogP contribution in [0.15, 0.2) is 10.2 Å². The number of carbonyl (C=O) groups is 1. The minimum absolute atomic E-state index is 0.0800. The number of esters is 1. The Kier molecular flexibility index (Phi) is 3.86. The van der Waals surface area contributed by atoms with Crippen molar-refractivity contribution >= 4 is 28.3 Å². The van der Waals surface area contributed by atoms with E-state index >= 15 is 0 Å². The van der Waals surface area contributed by atoms with Crippen LogP contribution in [0.4, 0.5) is 0 Å². The molecular formula is C12H16N2O3S.